The molecular formula is C21H24N2O3. The molecule has 0 spiro atoms. The van der Waals surface area contributed by atoms with Crippen molar-refractivity contribution in [2.75, 3.05) is 32.1 Å². The van der Waals surface area contributed by atoms with Crippen molar-refractivity contribution in [3.05, 3.63) is 59.7 Å². The fraction of sp³-hybridized carbons (Fsp3) is 0.333. The Balaban J connectivity index is 1.75. The number of hydrogen-bond donors (Lipinski definition) is 0. The minimum absolute atomic E-state index is 0.0648. The van der Waals surface area contributed by atoms with Crippen LogP contribution < -0.4 is 9.64 Å². The van der Waals surface area contributed by atoms with Gasteiger partial charge in [-0.15, -0.1) is 0 Å². The first-order chi connectivity index (χ1) is 12.6. The number of rotatable bonds is 4. The van der Waals surface area contributed by atoms with E-state index in [1.165, 1.54) is 6.42 Å². The summed E-state index contributed by atoms with van der Waals surface area (Å²) in [4.78, 5) is 28.8. The summed E-state index contributed by atoms with van der Waals surface area (Å²) in [6.45, 7) is 1.65. The van der Waals surface area contributed by atoms with Gasteiger partial charge in [-0.05, 0) is 55.7 Å². The van der Waals surface area contributed by atoms with Gasteiger partial charge in [-0.2, -0.15) is 0 Å². The minimum Gasteiger partial charge on any atom is -0.496 e. The van der Waals surface area contributed by atoms with Crippen LogP contribution >= 0.6 is 0 Å². The van der Waals surface area contributed by atoms with Gasteiger partial charge in [0.05, 0.1) is 12.7 Å². The number of benzene rings is 2. The van der Waals surface area contributed by atoms with Gasteiger partial charge in [-0.3, -0.25) is 9.59 Å². The lowest BCUT2D eigenvalue weighted by Crippen LogP contribution is -2.35. The third-order valence-electron chi connectivity index (χ3n) is 4.79. The normalized spacial score (nSPS) is 14.0. The second-order valence-electron chi connectivity index (χ2n) is 6.46. The van der Waals surface area contributed by atoms with E-state index in [1.54, 1.807) is 43.3 Å². The van der Waals surface area contributed by atoms with Crippen molar-refractivity contribution in [2.45, 2.75) is 19.3 Å². The molecule has 2 aromatic carbocycles. The van der Waals surface area contributed by atoms with Crippen LogP contribution in [0.4, 0.5) is 5.69 Å². The topological polar surface area (TPSA) is 49.9 Å². The van der Waals surface area contributed by atoms with E-state index < -0.39 is 0 Å². The number of hydrogen-bond acceptors (Lipinski definition) is 3. The summed E-state index contributed by atoms with van der Waals surface area (Å²) >= 11 is 0. The predicted molar refractivity (Wildman–Crippen MR) is 102 cm³/mol. The largest absolute Gasteiger partial charge is 0.496 e. The molecule has 0 saturated carbocycles. The number of carbonyl (C=O) groups is 2. The van der Waals surface area contributed by atoms with Crippen molar-refractivity contribution < 1.29 is 14.3 Å². The first kappa shape index (κ1) is 18.0. The first-order valence-electron chi connectivity index (χ1n) is 8.92. The molecule has 1 saturated heterocycles. The number of carbonyl (C=O) groups excluding carboxylic acids is 2. The Kier molecular flexibility index (Phi) is 5.56. The highest BCUT2D eigenvalue weighted by molar-refractivity contribution is 6.07. The van der Waals surface area contributed by atoms with Gasteiger partial charge in [-0.25, -0.2) is 0 Å². The summed E-state index contributed by atoms with van der Waals surface area (Å²) < 4.78 is 5.27. The number of ether oxygens (including phenoxy) is 1. The van der Waals surface area contributed by atoms with Gasteiger partial charge in [0.1, 0.15) is 5.75 Å². The summed E-state index contributed by atoms with van der Waals surface area (Å²) in [6, 6.07) is 14.3. The lowest BCUT2D eigenvalue weighted by molar-refractivity contribution is 0.0724. The number of likely N-dealkylation sites (tertiary alicyclic amines) is 1. The Morgan fingerprint density at radius 2 is 1.62 bits per heavy atom. The molecule has 1 aliphatic rings. The van der Waals surface area contributed by atoms with E-state index in [2.05, 4.69) is 0 Å². The summed E-state index contributed by atoms with van der Waals surface area (Å²) in [5.74, 6) is 0.453. The molecule has 0 unspecified atom stereocenters. The number of anilines is 1. The molecule has 2 amide bonds. The highest BCUT2D eigenvalue weighted by Crippen LogP contribution is 2.23. The molecule has 0 atom stereocenters. The van der Waals surface area contributed by atoms with Crippen molar-refractivity contribution in [3.8, 4) is 5.75 Å². The zero-order chi connectivity index (χ0) is 18.5. The van der Waals surface area contributed by atoms with E-state index in [1.807, 2.05) is 29.2 Å². The number of nitrogens with zero attached hydrogens (tertiary/aromatic N) is 2. The van der Waals surface area contributed by atoms with Gasteiger partial charge >= 0.3 is 0 Å². The zero-order valence-electron chi connectivity index (χ0n) is 15.3. The Morgan fingerprint density at radius 1 is 0.962 bits per heavy atom. The molecule has 1 aliphatic heterocycles. The Hall–Kier alpha value is -2.82. The fourth-order valence-corrected chi connectivity index (χ4v) is 3.23. The summed E-state index contributed by atoms with van der Waals surface area (Å²) in [7, 11) is 3.27. The molecule has 26 heavy (non-hydrogen) atoms. The fourth-order valence-electron chi connectivity index (χ4n) is 3.23. The van der Waals surface area contributed by atoms with Gasteiger partial charge < -0.3 is 14.5 Å². The van der Waals surface area contributed by atoms with E-state index in [0.717, 1.165) is 31.6 Å². The maximum atomic E-state index is 12.8. The Labute approximate surface area is 154 Å². The average Bonchev–Trinajstić information content (AvgIpc) is 2.73. The molecule has 136 valence electrons. The lowest BCUT2D eigenvalue weighted by Gasteiger charge is -2.27. The zero-order valence-corrected chi connectivity index (χ0v) is 15.3. The number of para-hydroxylation sites is 1. The minimum atomic E-state index is -0.155. The number of piperidine rings is 1. The first-order valence-corrected chi connectivity index (χ1v) is 8.92. The van der Waals surface area contributed by atoms with Crippen LogP contribution in [0.2, 0.25) is 0 Å². The van der Waals surface area contributed by atoms with Gasteiger partial charge in [0, 0.05) is 31.4 Å². The Bertz CT molecular complexity index is 780. The van der Waals surface area contributed by atoms with Gasteiger partial charge in [0.2, 0.25) is 0 Å². The van der Waals surface area contributed by atoms with Gasteiger partial charge in [0.25, 0.3) is 11.8 Å². The Morgan fingerprint density at radius 3 is 2.27 bits per heavy atom. The maximum Gasteiger partial charge on any atom is 0.261 e. The quantitative estimate of drug-likeness (QED) is 0.845. The second-order valence-corrected chi connectivity index (χ2v) is 6.46. The smallest absolute Gasteiger partial charge is 0.261 e. The van der Waals surface area contributed by atoms with Crippen LogP contribution in [0.5, 0.6) is 5.75 Å². The van der Waals surface area contributed by atoms with Crippen molar-refractivity contribution in [1.82, 2.24) is 4.90 Å². The second kappa shape index (κ2) is 8.04. The molecule has 0 N–H and O–H groups in total. The van der Waals surface area contributed by atoms with E-state index in [4.69, 9.17) is 4.74 Å². The molecule has 0 aromatic heterocycles. The lowest BCUT2D eigenvalue weighted by atomic mass is 10.1. The van der Waals surface area contributed by atoms with Crippen molar-refractivity contribution in [2.24, 2.45) is 0 Å². The molecular weight excluding hydrogens is 328 g/mol. The summed E-state index contributed by atoms with van der Waals surface area (Å²) in [5, 5.41) is 0. The summed E-state index contributed by atoms with van der Waals surface area (Å²) in [6.07, 6.45) is 3.33. The molecule has 1 fully saturated rings. The molecule has 5 nitrogen and oxygen atoms in total. The molecule has 0 bridgehead atoms. The highest BCUT2D eigenvalue weighted by atomic mass is 16.5. The molecule has 1 heterocycles. The third kappa shape index (κ3) is 3.72. The van der Waals surface area contributed by atoms with Crippen molar-refractivity contribution in [1.29, 1.82) is 0 Å². The van der Waals surface area contributed by atoms with E-state index in [0.29, 0.717) is 16.9 Å². The molecule has 0 radical (unpaired) electrons. The van der Waals surface area contributed by atoms with Crippen LogP contribution in [0, 0.1) is 0 Å². The van der Waals surface area contributed by atoms with Crippen LogP contribution in [-0.4, -0.2) is 44.0 Å². The van der Waals surface area contributed by atoms with Crippen LogP contribution in [-0.2, 0) is 0 Å². The highest BCUT2D eigenvalue weighted by Gasteiger charge is 2.20. The van der Waals surface area contributed by atoms with Gasteiger partial charge in [0.15, 0.2) is 0 Å². The van der Waals surface area contributed by atoms with Crippen LogP contribution in [0.1, 0.15) is 40.0 Å². The number of methoxy groups -OCH3 is 1. The monoisotopic (exact) mass is 352 g/mol. The van der Waals surface area contributed by atoms with Crippen LogP contribution in [0.15, 0.2) is 48.5 Å². The summed E-state index contributed by atoms with van der Waals surface area (Å²) in [5.41, 5.74) is 1.90. The van der Waals surface area contributed by atoms with E-state index >= 15 is 0 Å². The molecule has 5 heteroatoms. The average molecular weight is 352 g/mol. The van der Waals surface area contributed by atoms with Crippen LogP contribution in [0.25, 0.3) is 0 Å². The molecule has 3 rings (SSSR count). The van der Waals surface area contributed by atoms with Gasteiger partial charge in [-0.1, -0.05) is 12.1 Å². The standard InChI is InChI=1S/C21H24N2O3/c1-22(21(25)18-8-4-5-9-19(18)26-2)17-12-10-16(11-13-17)20(24)23-14-6-3-7-15-23/h4-5,8-13H,3,6-7,14-15H2,1-2H3. The SMILES string of the molecule is COc1ccccc1C(=O)N(C)c1ccc(C(=O)N2CCCCC2)cc1. The number of amides is 2. The van der Waals surface area contributed by atoms with Crippen molar-refractivity contribution >= 4 is 17.5 Å². The molecule has 0 aliphatic carbocycles. The predicted octanol–water partition coefficient (Wildman–Crippen LogP) is 3.60. The van der Waals surface area contributed by atoms with E-state index in [-0.39, 0.29) is 11.8 Å². The third-order valence-corrected chi connectivity index (χ3v) is 4.79. The molecule has 2 aromatic rings. The van der Waals surface area contributed by atoms with Crippen molar-refractivity contribution in [3.63, 3.8) is 0 Å². The van der Waals surface area contributed by atoms with Crippen LogP contribution in [0.3, 0.4) is 0 Å². The van der Waals surface area contributed by atoms with E-state index in [9.17, 15) is 9.59 Å². The maximum absolute atomic E-state index is 12.8.